The molecule has 0 saturated heterocycles. The van der Waals surface area contributed by atoms with Gasteiger partial charge in [0.25, 0.3) is 5.56 Å². The minimum atomic E-state index is -0.0590. The van der Waals surface area contributed by atoms with Crippen molar-refractivity contribution in [3.8, 4) is 0 Å². The van der Waals surface area contributed by atoms with Crippen molar-refractivity contribution in [3.63, 3.8) is 0 Å². The zero-order valence-corrected chi connectivity index (χ0v) is 14.5. The Morgan fingerprint density at radius 2 is 2.10 bits per heavy atom. The van der Waals surface area contributed by atoms with Gasteiger partial charge in [-0.25, -0.2) is 15.0 Å². The van der Waals surface area contributed by atoms with Crippen LogP contribution in [0.5, 0.6) is 0 Å². The number of hydrogen-bond acceptors (Lipinski definition) is 5. The van der Waals surface area contributed by atoms with Crippen LogP contribution < -0.4 is 10.9 Å². The van der Waals surface area contributed by atoms with E-state index in [1.54, 1.807) is 6.33 Å². The third kappa shape index (κ3) is 3.99. The first-order valence-corrected chi connectivity index (χ1v) is 7.89. The summed E-state index contributed by atoms with van der Waals surface area (Å²) in [7, 11) is 0. The van der Waals surface area contributed by atoms with Gasteiger partial charge in [0.2, 0.25) is 0 Å². The van der Waals surface area contributed by atoms with Crippen LogP contribution in [0.15, 0.2) is 17.2 Å². The van der Waals surface area contributed by atoms with E-state index in [0.29, 0.717) is 15.9 Å². The molecule has 0 saturated carbocycles. The van der Waals surface area contributed by atoms with Crippen molar-refractivity contribution in [2.75, 3.05) is 11.9 Å². The van der Waals surface area contributed by atoms with Gasteiger partial charge in [-0.3, -0.25) is 9.36 Å². The monoisotopic (exact) mass is 399 g/mol. The zero-order chi connectivity index (χ0) is 15.4. The number of aromatic nitrogens is 4. The van der Waals surface area contributed by atoms with Crippen molar-refractivity contribution in [3.05, 3.63) is 43.5 Å². The maximum Gasteiger partial charge on any atom is 0.267 e. The lowest BCUT2D eigenvalue weighted by atomic mass is 10.4. The Balaban J connectivity index is 2.29. The molecule has 0 bridgehead atoms. The van der Waals surface area contributed by atoms with E-state index in [0.717, 1.165) is 30.2 Å². The molecule has 0 fully saturated rings. The highest BCUT2D eigenvalue weighted by Gasteiger charge is 2.08. The van der Waals surface area contributed by atoms with Crippen LogP contribution in [0.25, 0.3) is 0 Å². The van der Waals surface area contributed by atoms with E-state index < -0.39 is 0 Å². The Bertz CT molecular complexity index is 698. The molecular formula is C14H18IN5O. The first-order chi connectivity index (χ1) is 10.0. The minimum Gasteiger partial charge on any atom is -0.370 e. The molecule has 0 aliphatic heterocycles. The molecule has 0 unspecified atom stereocenters. The summed E-state index contributed by atoms with van der Waals surface area (Å²) in [6.07, 6.45) is 2.57. The van der Waals surface area contributed by atoms with E-state index in [4.69, 9.17) is 0 Å². The molecule has 0 radical (unpaired) electrons. The third-order valence-electron chi connectivity index (χ3n) is 2.93. The number of nitrogens with zero attached hydrogens (tertiary/aromatic N) is 4. The average Bonchev–Trinajstić information content (AvgIpc) is 2.45. The van der Waals surface area contributed by atoms with Gasteiger partial charge in [0, 0.05) is 18.3 Å². The Morgan fingerprint density at radius 3 is 2.81 bits per heavy atom. The number of nitrogens with one attached hydrogen (secondary N) is 1. The molecule has 112 valence electrons. The van der Waals surface area contributed by atoms with Crippen molar-refractivity contribution >= 4 is 28.4 Å². The third-order valence-corrected chi connectivity index (χ3v) is 4.17. The van der Waals surface area contributed by atoms with Gasteiger partial charge in [0.15, 0.2) is 5.82 Å². The molecule has 2 aromatic rings. The Hall–Kier alpha value is -1.51. The predicted molar refractivity (Wildman–Crippen MR) is 90.6 cm³/mol. The summed E-state index contributed by atoms with van der Waals surface area (Å²) in [5.41, 5.74) is 1.56. The molecule has 2 aromatic heterocycles. The molecule has 0 aliphatic carbocycles. The summed E-state index contributed by atoms with van der Waals surface area (Å²) < 4.78 is 2.17. The van der Waals surface area contributed by atoms with E-state index in [9.17, 15) is 4.79 Å². The van der Waals surface area contributed by atoms with Gasteiger partial charge in [-0.2, -0.15) is 0 Å². The Morgan fingerprint density at radius 1 is 1.33 bits per heavy atom. The summed E-state index contributed by atoms with van der Waals surface area (Å²) in [5.74, 6) is 1.40. The van der Waals surface area contributed by atoms with Crippen LogP contribution in [-0.2, 0) is 6.54 Å². The lowest BCUT2D eigenvalue weighted by Crippen LogP contribution is -2.25. The first-order valence-electron chi connectivity index (χ1n) is 6.81. The van der Waals surface area contributed by atoms with Crippen LogP contribution in [-0.4, -0.2) is 26.1 Å². The lowest BCUT2D eigenvalue weighted by molar-refractivity contribution is 0.685. The molecule has 0 atom stereocenters. The van der Waals surface area contributed by atoms with Crippen LogP contribution in [0.2, 0.25) is 0 Å². The minimum absolute atomic E-state index is 0.0590. The fourth-order valence-corrected chi connectivity index (χ4v) is 2.30. The van der Waals surface area contributed by atoms with E-state index in [1.807, 2.05) is 42.5 Å². The van der Waals surface area contributed by atoms with Crippen LogP contribution in [0, 0.1) is 17.4 Å². The molecule has 2 heterocycles. The molecule has 0 spiro atoms. The second kappa shape index (κ2) is 6.97. The SMILES string of the molecule is CCCNc1cc(C)nc(Cn2cnc(C)c(I)c2=O)n1. The van der Waals surface area contributed by atoms with Crippen molar-refractivity contribution in [2.24, 2.45) is 0 Å². The van der Waals surface area contributed by atoms with E-state index in [2.05, 4.69) is 27.2 Å². The lowest BCUT2D eigenvalue weighted by Gasteiger charge is -2.09. The quantitative estimate of drug-likeness (QED) is 0.780. The fraction of sp³-hybridized carbons (Fsp3) is 0.429. The highest BCUT2D eigenvalue weighted by atomic mass is 127. The number of hydrogen-bond donors (Lipinski definition) is 1. The summed E-state index contributed by atoms with van der Waals surface area (Å²) >= 11 is 2.02. The second-order valence-electron chi connectivity index (χ2n) is 4.81. The fourth-order valence-electron chi connectivity index (χ4n) is 1.86. The van der Waals surface area contributed by atoms with Crippen LogP contribution >= 0.6 is 22.6 Å². The normalized spacial score (nSPS) is 10.7. The molecular weight excluding hydrogens is 381 g/mol. The van der Waals surface area contributed by atoms with Crippen molar-refractivity contribution in [1.29, 1.82) is 0 Å². The summed E-state index contributed by atoms with van der Waals surface area (Å²) in [4.78, 5) is 25.2. The smallest absolute Gasteiger partial charge is 0.267 e. The van der Waals surface area contributed by atoms with Crippen LogP contribution in [0.4, 0.5) is 5.82 Å². The summed E-state index contributed by atoms with van der Waals surface area (Å²) in [5, 5.41) is 3.24. The topological polar surface area (TPSA) is 72.7 Å². The van der Waals surface area contributed by atoms with Gasteiger partial charge < -0.3 is 5.32 Å². The molecule has 0 amide bonds. The number of rotatable bonds is 5. The molecule has 2 rings (SSSR count). The highest BCUT2D eigenvalue weighted by Crippen LogP contribution is 2.08. The zero-order valence-electron chi connectivity index (χ0n) is 12.4. The number of anilines is 1. The molecule has 21 heavy (non-hydrogen) atoms. The van der Waals surface area contributed by atoms with Gasteiger partial charge in [-0.05, 0) is 42.9 Å². The number of aryl methyl sites for hydroxylation is 2. The van der Waals surface area contributed by atoms with Crippen LogP contribution in [0.1, 0.15) is 30.6 Å². The van der Waals surface area contributed by atoms with Gasteiger partial charge in [0.05, 0.1) is 22.1 Å². The molecule has 1 N–H and O–H groups in total. The Labute approximate surface area is 137 Å². The molecule has 0 aromatic carbocycles. The van der Waals surface area contributed by atoms with Crippen molar-refractivity contribution < 1.29 is 0 Å². The average molecular weight is 399 g/mol. The van der Waals surface area contributed by atoms with Crippen LogP contribution in [0.3, 0.4) is 0 Å². The summed E-state index contributed by atoms with van der Waals surface area (Å²) in [6.45, 7) is 7.03. The number of halogens is 1. The molecule has 0 aliphatic rings. The van der Waals surface area contributed by atoms with E-state index >= 15 is 0 Å². The Kier molecular flexibility index (Phi) is 5.27. The van der Waals surface area contributed by atoms with E-state index in [1.165, 1.54) is 4.57 Å². The summed E-state index contributed by atoms with van der Waals surface area (Å²) in [6, 6.07) is 1.90. The van der Waals surface area contributed by atoms with Crippen molar-refractivity contribution in [1.82, 2.24) is 19.5 Å². The van der Waals surface area contributed by atoms with Gasteiger partial charge in [-0.15, -0.1) is 0 Å². The van der Waals surface area contributed by atoms with E-state index in [-0.39, 0.29) is 5.56 Å². The molecule has 7 heteroatoms. The maximum absolute atomic E-state index is 12.2. The first kappa shape index (κ1) is 15.9. The highest BCUT2D eigenvalue weighted by molar-refractivity contribution is 14.1. The second-order valence-corrected chi connectivity index (χ2v) is 5.89. The van der Waals surface area contributed by atoms with Gasteiger partial charge in [-0.1, -0.05) is 6.92 Å². The predicted octanol–water partition coefficient (Wildman–Crippen LogP) is 2.12. The molecule has 6 nitrogen and oxygen atoms in total. The van der Waals surface area contributed by atoms with Crippen molar-refractivity contribution in [2.45, 2.75) is 33.7 Å². The standard InChI is InChI=1S/C14H18IN5O/c1-4-5-16-11-6-9(2)18-12(19-11)7-20-8-17-10(3)13(15)14(20)21/h6,8H,4-5,7H2,1-3H3,(H,16,18,19). The van der Waals surface area contributed by atoms with Gasteiger partial charge in [0.1, 0.15) is 5.82 Å². The maximum atomic E-state index is 12.2. The van der Waals surface area contributed by atoms with Gasteiger partial charge >= 0.3 is 0 Å². The largest absolute Gasteiger partial charge is 0.370 e.